The highest BCUT2D eigenvalue weighted by molar-refractivity contribution is 6.07. The van der Waals surface area contributed by atoms with E-state index >= 15 is 0 Å². The van der Waals surface area contributed by atoms with Crippen LogP contribution in [0.3, 0.4) is 0 Å². The van der Waals surface area contributed by atoms with Crippen molar-refractivity contribution in [1.82, 2.24) is 30.0 Å². The Morgan fingerprint density at radius 2 is 2.12 bits per heavy atom. The number of fused-ring (bicyclic) bond motifs is 3. The number of ether oxygens (including phenoxy) is 1. The molecule has 1 saturated heterocycles. The first-order valence-corrected chi connectivity index (χ1v) is 10.9. The summed E-state index contributed by atoms with van der Waals surface area (Å²) in [4.78, 5) is 27.2. The van der Waals surface area contributed by atoms with Crippen molar-refractivity contribution in [3.05, 3.63) is 36.3 Å². The quantitative estimate of drug-likeness (QED) is 0.448. The van der Waals surface area contributed by atoms with Crippen LogP contribution in [0.25, 0.3) is 33.2 Å². The van der Waals surface area contributed by atoms with Crippen molar-refractivity contribution in [2.75, 3.05) is 12.3 Å². The molecule has 166 valence electrons. The Kier molecular flexibility index (Phi) is 4.76. The van der Waals surface area contributed by atoms with E-state index < -0.39 is 5.60 Å². The number of amides is 1. The predicted molar refractivity (Wildman–Crippen MR) is 123 cm³/mol. The smallest absolute Gasteiger partial charge is 0.410 e. The summed E-state index contributed by atoms with van der Waals surface area (Å²) >= 11 is 0. The van der Waals surface area contributed by atoms with E-state index in [1.54, 1.807) is 6.20 Å². The van der Waals surface area contributed by atoms with Gasteiger partial charge in [0.15, 0.2) is 0 Å². The number of nitrogens with zero attached hydrogens (tertiary/aromatic N) is 4. The molecule has 0 spiro atoms. The molecular formula is C23H27N7O2. The van der Waals surface area contributed by atoms with Crippen molar-refractivity contribution >= 4 is 33.8 Å². The van der Waals surface area contributed by atoms with Crippen LogP contribution in [-0.4, -0.2) is 54.3 Å². The number of aromatic amines is 2. The lowest BCUT2D eigenvalue weighted by molar-refractivity contribution is 0.0226. The van der Waals surface area contributed by atoms with Gasteiger partial charge >= 0.3 is 6.09 Å². The topological polar surface area (TPSA) is 126 Å². The van der Waals surface area contributed by atoms with Crippen LogP contribution in [0.1, 0.15) is 39.4 Å². The molecule has 1 aromatic carbocycles. The van der Waals surface area contributed by atoms with Gasteiger partial charge in [0.2, 0.25) is 0 Å². The Balaban J connectivity index is 1.46. The zero-order chi connectivity index (χ0) is 22.5. The van der Waals surface area contributed by atoms with E-state index in [0.29, 0.717) is 18.8 Å². The molecule has 1 aliphatic heterocycles. The van der Waals surface area contributed by atoms with Gasteiger partial charge in [0.05, 0.1) is 11.2 Å². The molecule has 4 N–H and O–H groups in total. The molecule has 3 aromatic heterocycles. The summed E-state index contributed by atoms with van der Waals surface area (Å²) in [6, 6.07) is 7.95. The summed E-state index contributed by atoms with van der Waals surface area (Å²) in [5.41, 5.74) is 9.94. The third-order valence-corrected chi connectivity index (χ3v) is 5.75. The first-order chi connectivity index (χ1) is 15.3. The SMILES string of the molecule is CC(C)(C)OC(=O)N1CCC[C@H]1Cc1nc2c([nH]1)c(N)nc1cc(-c3ccn[nH]3)ccc12. The van der Waals surface area contributed by atoms with Gasteiger partial charge in [0, 0.05) is 36.2 Å². The molecule has 0 unspecified atom stereocenters. The van der Waals surface area contributed by atoms with E-state index in [-0.39, 0.29) is 12.1 Å². The Labute approximate surface area is 185 Å². The maximum Gasteiger partial charge on any atom is 0.410 e. The minimum absolute atomic E-state index is 0.0397. The van der Waals surface area contributed by atoms with E-state index in [4.69, 9.17) is 15.5 Å². The number of benzene rings is 1. The van der Waals surface area contributed by atoms with Gasteiger partial charge < -0.3 is 20.4 Å². The molecule has 1 amide bonds. The maximum absolute atomic E-state index is 12.6. The lowest BCUT2D eigenvalue weighted by Gasteiger charge is -2.28. The molecule has 4 aromatic rings. The summed E-state index contributed by atoms with van der Waals surface area (Å²) in [6.45, 7) is 6.35. The van der Waals surface area contributed by atoms with Gasteiger partial charge in [-0.1, -0.05) is 6.07 Å². The number of pyridine rings is 1. The average Bonchev–Trinajstić information content (AvgIpc) is 3.47. The number of rotatable bonds is 3. The van der Waals surface area contributed by atoms with Crippen LogP contribution < -0.4 is 5.73 Å². The zero-order valence-electron chi connectivity index (χ0n) is 18.5. The summed E-state index contributed by atoms with van der Waals surface area (Å²) < 4.78 is 5.59. The van der Waals surface area contributed by atoms with Crippen molar-refractivity contribution in [2.24, 2.45) is 0 Å². The van der Waals surface area contributed by atoms with Crippen molar-refractivity contribution in [3.8, 4) is 11.3 Å². The summed E-state index contributed by atoms with van der Waals surface area (Å²) in [5, 5.41) is 7.91. The normalized spacial score (nSPS) is 16.8. The molecular weight excluding hydrogens is 406 g/mol. The van der Waals surface area contributed by atoms with E-state index in [9.17, 15) is 4.79 Å². The molecule has 0 aliphatic carbocycles. The van der Waals surface area contributed by atoms with Crippen LogP contribution in [-0.2, 0) is 11.2 Å². The molecule has 4 heterocycles. The molecule has 9 heteroatoms. The molecule has 32 heavy (non-hydrogen) atoms. The second kappa shape index (κ2) is 7.51. The number of H-pyrrole nitrogens is 2. The van der Waals surface area contributed by atoms with Crippen LogP contribution in [0, 0.1) is 0 Å². The lowest BCUT2D eigenvalue weighted by atomic mass is 10.1. The Morgan fingerprint density at radius 1 is 1.28 bits per heavy atom. The number of hydrogen-bond donors (Lipinski definition) is 3. The number of hydrogen-bond acceptors (Lipinski definition) is 6. The number of nitrogen functional groups attached to an aromatic ring is 1. The fourth-order valence-corrected chi connectivity index (χ4v) is 4.33. The minimum atomic E-state index is -0.516. The highest BCUT2D eigenvalue weighted by atomic mass is 16.6. The largest absolute Gasteiger partial charge is 0.444 e. The number of nitrogens with one attached hydrogen (secondary N) is 2. The van der Waals surface area contributed by atoms with Crippen molar-refractivity contribution in [3.63, 3.8) is 0 Å². The van der Waals surface area contributed by atoms with Crippen LogP contribution in [0.2, 0.25) is 0 Å². The minimum Gasteiger partial charge on any atom is -0.444 e. The highest BCUT2D eigenvalue weighted by Crippen LogP contribution is 2.30. The lowest BCUT2D eigenvalue weighted by Crippen LogP contribution is -2.40. The van der Waals surface area contributed by atoms with E-state index in [1.807, 2.05) is 49.9 Å². The summed E-state index contributed by atoms with van der Waals surface area (Å²) in [5.74, 6) is 1.20. The predicted octanol–water partition coefficient (Wildman–Crippen LogP) is 4.03. The first kappa shape index (κ1) is 20.3. The maximum atomic E-state index is 12.6. The van der Waals surface area contributed by atoms with Crippen LogP contribution in [0.15, 0.2) is 30.5 Å². The molecule has 0 bridgehead atoms. The highest BCUT2D eigenvalue weighted by Gasteiger charge is 2.33. The molecule has 0 saturated carbocycles. The molecule has 1 fully saturated rings. The Hall–Kier alpha value is -3.62. The van der Waals surface area contributed by atoms with Gasteiger partial charge in [-0.2, -0.15) is 5.10 Å². The number of nitrogens with two attached hydrogens (primary N) is 1. The van der Waals surface area contributed by atoms with E-state index in [2.05, 4.69) is 20.2 Å². The van der Waals surface area contributed by atoms with Crippen LogP contribution in [0.4, 0.5) is 10.6 Å². The molecule has 1 atom stereocenters. The van der Waals surface area contributed by atoms with Gasteiger partial charge in [-0.05, 0) is 51.8 Å². The van der Waals surface area contributed by atoms with Gasteiger partial charge in [-0.15, -0.1) is 0 Å². The molecule has 1 aliphatic rings. The number of carbonyl (C=O) groups is 1. The number of aromatic nitrogens is 5. The molecule has 5 rings (SSSR count). The van der Waals surface area contributed by atoms with Crippen molar-refractivity contribution in [2.45, 2.75) is 51.7 Å². The van der Waals surface area contributed by atoms with Gasteiger partial charge in [0.25, 0.3) is 0 Å². The zero-order valence-corrected chi connectivity index (χ0v) is 18.5. The summed E-state index contributed by atoms with van der Waals surface area (Å²) in [7, 11) is 0. The molecule has 9 nitrogen and oxygen atoms in total. The Morgan fingerprint density at radius 3 is 2.88 bits per heavy atom. The van der Waals surface area contributed by atoms with Gasteiger partial charge in [-0.25, -0.2) is 14.8 Å². The second-order valence-electron chi connectivity index (χ2n) is 9.28. The number of likely N-dealkylation sites (tertiary alicyclic amines) is 1. The second-order valence-corrected chi connectivity index (χ2v) is 9.28. The van der Waals surface area contributed by atoms with Crippen LogP contribution in [0.5, 0.6) is 0 Å². The fraction of sp³-hybridized carbons (Fsp3) is 0.391. The first-order valence-electron chi connectivity index (χ1n) is 10.9. The fourth-order valence-electron chi connectivity index (χ4n) is 4.33. The number of carbonyl (C=O) groups excluding carboxylic acids is 1. The standard InChI is InChI=1S/C23H27N7O2/c1-23(2,3)32-22(31)30-10-4-5-14(30)12-18-27-19-15-7-6-13(16-8-9-25-29-16)11-17(15)26-21(24)20(19)28-18/h6-9,11,14H,4-5,10,12H2,1-3H3,(H2,24,26)(H,25,29)(H,27,28)/t14-/m0/s1. The van der Waals surface area contributed by atoms with E-state index in [1.165, 1.54) is 0 Å². The van der Waals surface area contributed by atoms with Crippen LogP contribution >= 0.6 is 0 Å². The number of anilines is 1. The third kappa shape index (κ3) is 3.74. The average molecular weight is 434 g/mol. The van der Waals surface area contributed by atoms with Crippen molar-refractivity contribution < 1.29 is 9.53 Å². The monoisotopic (exact) mass is 433 g/mol. The molecule has 0 radical (unpaired) electrons. The van der Waals surface area contributed by atoms with Gasteiger partial charge in [0.1, 0.15) is 28.3 Å². The summed E-state index contributed by atoms with van der Waals surface area (Å²) in [6.07, 6.45) is 3.93. The number of imidazole rings is 1. The Bertz CT molecular complexity index is 1290. The van der Waals surface area contributed by atoms with Crippen molar-refractivity contribution in [1.29, 1.82) is 0 Å². The van der Waals surface area contributed by atoms with E-state index in [0.717, 1.165) is 51.9 Å². The third-order valence-electron chi connectivity index (χ3n) is 5.75. The van der Waals surface area contributed by atoms with Gasteiger partial charge in [-0.3, -0.25) is 5.10 Å².